The number of aromatic amines is 1. The van der Waals surface area contributed by atoms with Crippen LogP contribution in [0.1, 0.15) is 30.6 Å². The van der Waals surface area contributed by atoms with Gasteiger partial charge in [0.1, 0.15) is 6.04 Å². The molecule has 1 aromatic heterocycles. The first-order valence-corrected chi connectivity index (χ1v) is 9.30. The third-order valence-electron chi connectivity index (χ3n) is 4.74. The normalized spacial score (nSPS) is 13.1. The molecule has 0 radical (unpaired) electrons. The maximum atomic E-state index is 12.9. The Morgan fingerprint density at radius 3 is 2.56 bits per heavy atom. The largest absolute Gasteiger partial charge is 0.361 e. The number of benzene rings is 2. The lowest BCUT2D eigenvalue weighted by Gasteiger charge is -2.24. The van der Waals surface area contributed by atoms with Crippen molar-refractivity contribution in [2.75, 3.05) is 5.32 Å². The Kier molecular flexibility index (Phi) is 5.81. The van der Waals surface area contributed by atoms with Crippen LogP contribution in [0.15, 0.2) is 54.7 Å². The number of aromatic nitrogens is 1. The van der Waals surface area contributed by atoms with Gasteiger partial charge in [-0.1, -0.05) is 37.9 Å². The highest BCUT2D eigenvalue weighted by Crippen LogP contribution is 2.23. The average Bonchev–Trinajstić information content (AvgIpc) is 3.15. The molecule has 27 heavy (non-hydrogen) atoms. The van der Waals surface area contributed by atoms with Crippen LogP contribution >= 0.6 is 11.6 Å². The zero-order valence-electron chi connectivity index (χ0n) is 15.3. The van der Waals surface area contributed by atoms with Crippen LogP contribution in [-0.4, -0.2) is 22.8 Å². The van der Waals surface area contributed by atoms with Crippen molar-refractivity contribution in [3.8, 4) is 0 Å². The molecule has 0 spiro atoms. The summed E-state index contributed by atoms with van der Waals surface area (Å²) in [7, 11) is 0. The summed E-state index contributed by atoms with van der Waals surface area (Å²) in [6.45, 7) is 3.94. The number of carbonyl (C=O) groups is 2. The smallest absolute Gasteiger partial charge is 0.251 e. The van der Waals surface area contributed by atoms with Gasteiger partial charge in [0.2, 0.25) is 5.91 Å². The van der Waals surface area contributed by atoms with Gasteiger partial charge < -0.3 is 15.6 Å². The van der Waals surface area contributed by atoms with Gasteiger partial charge in [0.15, 0.2) is 0 Å². The van der Waals surface area contributed by atoms with Crippen molar-refractivity contribution in [2.24, 2.45) is 5.92 Å². The van der Waals surface area contributed by atoms with E-state index in [1.54, 1.807) is 24.3 Å². The first kappa shape index (κ1) is 19.0. The molecule has 3 aromatic rings. The molecule has 2 aromatic carbocycles. The fraction of sp³-hybridized carbons (Fsp3) is 0.238. The van der Waals surface area contributed by atoms with Crippen molar-refractivity contribution in [3.05, 3.63) is 65.3 Å². The number of anilines is 1. The Balaban J connectivity index is 1.79. The molecule has 3 N–H and O–H groups in total. The molecule has 6 heteroatoms. The molecular weight excluding hydrogens is 362 g/mol. The Labute approximate surface area is 163 Å². The second-order valence-corrected chi connectivity index (χ2v) is 7.01. The molecule has 140 valence electrons. The highest BCUT2D eigenvalue weighted by Gasteiger charge is 2.26. The predicted octanol–water partition coefficient (Wildman–Crippen LogP) is 4.60. The Bertz CT molecular complexity index is 949. The van der Waals surface area contributed by atoms with Crippen molar-refractivity contribution in [2.45, 2.75) is 26.3 Å². The molecule has 1 heterocycles. The van der Waals surface area contributed by atoms with Gasteiger partial charge in [-0.25, -0.2) is 0 Å². The molecule has 3 rings (SSSR count). The highest BCUT2D eigenvalue weighted by molar-refractivity contribution is 6.30. The first-order chi connectivity index (χ1) is 13.0. The molecule has 2 amide bonds. The highest BCUT2D eigenvalue weighted by atomic mass is 35.5. The second kappa shape index (κ2) is 8.27. The number of hydrogen-bond acceptors (Lipinski definition) is 2. The minimum atomic E-state index is -0.646. The van der Waals surface area contributed by atoms with Crippen LogP contribution in [-0.2, 0) is 4.79 Å². The van der Waals surface area contributed by atoms with Gasteiger partial charge in [0.05, 0.1) is 5.69 Å². The summed E-state index contributed by atoms with van der Waals surface area (Å²) in [6.07, 6.45) is 2.59. The maximum Gasteiger partial charge on any atom is 0.251 e. The van der Waals surface area contributed by atoms with Crippen LogP contribution in [0, 0.1) is 5.92 Å². The summed E-state index contributed by atoms with van der Waals surface area (Å²) < 4.78 is 0. The summed E-state index contributed by atoms with van der Waals surface area (Å²) in [6, 6.07) is 13.5. The SMILES string of the molecule is CCC(C)C(NC(=O)c1ccc(Cl)cc1)C(=O)Nc1cccc2[nH]ccc12. The maximum absolute atomic E-state index is 12.9. The van der Waals surface area contributed by atoms with Crippen LogP contribution in [0.3, 0.4) is 0 Å². The van der Waals surface area contributed by atoms with Crippen LogP contribution in [0.25, 0.3) is 10.9 Å². The molecule has 0 bridgehead atoms. The molecule has 0 aliphatic carbocycles. The van der Waals surface area contributed by atoms with Gasteiger partial charge in [-0.15, -0.1) is 0 Å². The Hall–Kier alpha value is -2.79. The lowest BCUT2D eigenvalue weighted by atomic mass is 9.97. The van der Waals surface area contributed by atoms with Crippen molar-refractivity contribution in [3.63, 3.8) is 0 Å². The van der Waals surface area contributed by atoms with Crippen molar-refractivity contribution >= 4 is 40.0 Å². The van der Waals surface area contributed by atoms with E-state index in [1.165, 1.54) is 0 Å². The van der Waals surface area contributed by atoms with E-state index in [0.717, 1.165) is 17.3 Å². The van der Waals surface area contributed by atoms with Crippen molar-refractivity contribution in [1.29, 1.82) is 0 Å². The van der Waals surface area contributed by atoms with Crippen LogP contribution < -0.4 is 10.6 Å². The first-order valence-electron chi connectivity index (χ1n) is 8.93. The van der Waals surface area contributed by atoms with Gasteiger partial charge in [-0.3, -0.25) is 9.59 Å². The summed E-state index contributed by atoms with van der Waals surface area (Å²) in [4.78, 5) is 28.6. The van der Waals surface area contributed by atoms with E-state index in [2.05, 4.69) is 15.6 Å². The monoisotopic (exact) mass is 383 g/mol. The molecule has 0 aliphatic heterocycles. The summed E-state index contributed by atoms with van der Waals surface area (Å²) in [5.41, 5.74) is 2.12. The number of H-pyrrole nitrogens is 1. The van der Waals surface area contributed by atoms with Gasteiger partial charge in [0, 0.05) is 27.7 Å². The Morgan fingerprint density at radius 1 is 1.11 bits per heavy atom. The lowest BCUT2D eigenvalue weighted by molar-refractivity contribution is -0.119. The van der Waals surface area contributed by atoms with Gasteiger partial charge in [-0.05, 0) is 48.4 Å². The minimum absolute atomic E-state index is 0.0216. The molecule has 0 fully saturated rings. The standard InChI is InChI=1S/C21H22ClN3O2/c1-3-13(2)19(25-20(26)14-7-9-15(22)10-8-14)21(27)24-18-6-4-5-17-16(18)11-12-23-17/h4-13,19,23H,3H2,1-2H3,(H,24,27)(H,25,26). The van der Waals surface area contributed by atoms with E-state index < -0.39 is 6.04 Å². The summed E-state index contributed by atoms with van der Waals surface area (Å²) in [5, 5.41) is 7.31. The zero-order valence-corrected chi connectivity index (χ0v) is 16.0. The number of hydrogen-bond donors (Lipinski definition) is 3. The van der Waals surface area contributed by atoms with Gasteiger partial charge in [-0.2, -0.15) is 0 Å². The molecule has 2 unspecified atom stereocenters. The molecule has 0 aliphatic rings. The van der Waals surface area contributed by atoms with Crippen molar-refractivity contribution < 1.29 is 9.59 Å². The van der Waals surface area contributed by atoms with E-state index >= 15 is 0 Å². The predicted molar refractivity (Wildman–Crippen MR) is 109 cm³/mol. The summed E-state index contributed by atoms with van der Waals surface area (Å²) in [5.74, 6) is -0.556. The zero-order chi connectivity index (χ0) is 19.4. The summed E-state index contributed by atoms with van der Waals surface area (Å²) >= 11 is 5.88. The lowest BCUT2D eigenvalue weighted by Crippen LogP contribution is -2.47. The fourth-order valence-corrected chi connectivity index (χ4v) is 3.06. The fourth-order valence-electron chi connectivity index (χ4n) is 2.93. The number of amides is 2. The number of halogens is 1. The van der Waals surface area contributed by atoms with Crippen LogP contribution in [0.5, 0.6) is 0 Å². The van der Waals surface area contributed by atoms with E-state index in [4.69, 9.17) is 11.6 Å². The second-order valence-electron chi connectivity index (χ2n) is 6.58. The third kappa shape index (κ3) is 4.31. The minimum Gasteiger partial charge on any atom is -0.361 e. The number of nitrogens with one attached hydrogen (secondary N) is 3. The van der Waals surface area contributed by atoms with Gasteiger partial charge in [0.25, 0.3) is 5.91 Å². The third-order valence-corrected chi connectivity index (χ3v) is 4.99. The topological polar surface area (TPSA) is 74.0 Å². The number of fused-ring (bicyclic) bond motifs is 1. The Morgan fingerprint density at radius 2 is 1.85 bits per heavy atom. The van der Waals surface area contributed by atoms with E-state index in [-0.39, 0.29) is 17.7 Å². The molecular formula is C21H22ClN3O2. The van der Waals surface area contributed by atoms with Crippen LogP contribution in [0.4, 0.5) is 5.69 Å². The molecule has 5 nitrogen and oxygen atoms in total. The van der Waals surface area contributed by atoms with Crippen LogP contribution in [0.2, 0.25) is 5.02 Å². The van der Waals surface area contributed by atoms with E-state index in [1.807, 2.05) is 44.3 Å². The quantitative estimate of drug-likeness (QED) is 0.581. The van der Waals surface area contributed by atoms with Crippen molar-refractivity contribution in [1.82, 2.24) is 10.3 Å². The van der Waals surface area contributed by atoms with E-state index in [9.17, 15) is 9.59 Å². The number of carbonyl (C=O) groups excluding carboxylic acids is 2. The molecule has 0 saturated carbocycles. The number of rotatable bonds is 6. The van der Waals surface area contributed by atoms with E-state index in [0.29, 0.717) is 16.3 Å². The molecule has 2 atom stereocenters. The van der Waals surface area contributed by atoms with Gasteiger partial charge >= 0.3 is 0 Å². The molecule has 0 saturated heterocycles. The average molecular weight is 384 g/mol.